The first-order chi connectivity index (χ1) is 12.1. The fourth-order valence-corrected chi connectivity index (χ4v) is 3.04. The monoisotopic (exact) mass is 358 g/mol. The highest BCUT2D eigenvalue weighted by Crippen LogP contribution is 2.26. The van der Waals surface area contributed by atoms with Crippen LogP contribution in [0.15, 0.2) is 34.7 Å². The molecule has 3 aromatic rings. The molecular weight excluding hydrogens is 340 g/mol. The number of hydrogen-bond donors (Lipinski definition) is 0. The lowest BCUT2D eigenvalue weighted by Crippen LogP contribution is -2.47. The smallest absolute Gasteiger partial charge is 0.298 e. The average molecular weight is 359 g/mol. The summed E-state index contributed by atoms with van der Waals surface area (Å²) in [5.74, 6) is 1.75. The highest BCUT2D eigenvalue weighted by molar-refractivity contribution is 6.31. The van der Waals surface area contributed by atoms with Crippen LogP contribution in [0.4, 0.5) is 17.7 Å². The molecule has 1 aliphatic rings. The second-order valence-electron chi connectivity index (χ2n) is 6.23. The third-order valence-corrected chi connectivity index (χ3v) is 4.54. The molecule has 1 saturated heterocycles. The Morgan fingerprint density at radius 1 is 1.00 bits per heavy atom. The fraction of sp³-hybridized carbons (Fsp3) is 0.353. The van der Waals surface area contributed by atoms with E-state index < -0.39 is 0 Å². The minimum absolute atomic E-state index is 0.644. The summed E-state index contributed by atoms with van der Waals surface area (Å²) in [5, 5.41) is 9.23. The summed E-state index contributed by atoms with van der Waals surface area (Å²) in [5.41, 5.74) is 1.54. The van der Waals surface area contributed by atoms with Crippen molar-refractivity contribution in [2.45, 2.75) is 0 Å². The molecule has 0 atom stereocenters. The van der Waals surface area contributed by atoms with Gasteiger partial charge in [-0.3, -0.25) is 0 Å². The van der Waals surface area contributed by atoms with Crippen molar-refractivity contribution < 1.29 is 4.42 Å². The molecule has 0 N–H and O–H groups in total. The third-order valence-electron chi connectivity index (χ3n) is 4.31. The van der Waals surface area contributed by atoms with Crippen molar-refractivity contribution in [3.05, 3.63) is 35.4 Å². The Labute approximate surface area is 150 Å². The lowest BCUT2D eigenvalue weighted by atomic mass is 10.3. The summed E-state index contributed by atoms with van der Waals surface area (Å²) in [7, 11) is 3.91. The molecule has 0 spiro atoms. The summed E-state index contributed by atoms with van der Waals surface area (Å²) in [6.45, 7) is 3.32. The van der Waals surface area contributed by atoms with Gasteiger partial charge in [0.2, 0.25) is 0 Å². The van der Waals surface area contributed by atoms with Crippen molar-refractivity contribution in [3.63, 3.8) is 0 Å². The Kier molecular flexibility index (Phi) is 4.09. The Bertz CT molecular complexity index is 870. The van der Waals surface area contributed by atoms with Crippen molar-refractivity contribution in [1.82, 2.24) is 15.2 Å². The Hall–Kier alpha value is -2.54. The molecule has 3 heterocycles. The maximum atomic E-state index is 6.01. The second kappa shape index (κ2) is 6.40. The van der Waals surface area contributed by atoms with Gasteiger partial charge in [0.25, 0.3) is 6.01 Å². The van der Waals surface area contributed by atoms with Gasteiger partial charge in [-0.05, 0) is 24.3 Å². The maximum Gasteiger partial charge on any atom is 0.298 e. The van der Waals surface area contributed by atoms with Crippen molar-refractivity contribution in [2.24, 2.45) is 0 Å². The zero-order valence-corrected chi connectivity index (χ0v) is 14.9. The lowest BCUT2D eigenvalue weighted by Gasteiger charge is -2.34. The van der Waals surface area contributed by atoms with Crippen LogP contribution in [-0.4, -0.2) is 55.5 Å². The molecule has 0 saturated carbocycles. The number of nitrogens with zero attached hydrogens (tertiary/aromatic N) is 6. The van der Waals surface area contributed by atoms with E-state index in [1.165, 1.54) is 0 Å². The quantitative estimate of drug-likeness (QED) is 0.713. The Balaban J connectivity index is 1.45. The van der Waals surface area contributed by atoms with Crippen molar-refractivity contribution in [3.8, 4) is 0 Å². The van der Waals surface area contributed by atoms with Crippen LogP contribution in [0.3, 0.4) is 0 Å². The van der Waals surface area contributed by atoms with Gasteiger partial charge in [0, 0.05) is 51.4 Å². The molecule has 1 fully saturated rings. The molecule has 4 rings (SSSR count). The first kappa shape index (κ1) is 16.0. The molecular formula is C17H19ClN6O. The first-order valence-corrected chi connectivity index (χ1v) is 8.55. The van der Waals surface area contributed by atoms with Gasteiger partial charge in [-0.2, -0.15) is 4.98 Å². The molecule has 0 radical (unpaired) electrons. The van der Waals surface area contributed by atoms with Crippen LogP contribution in [-0.2, 0) is 0 Å². The standard InChI is InChI=1S/C17H19ClN6O/c1-22(2)15-5-6-16(21-20-15)23-7-9-24(10-8-23)17-19-13-4-3-12(18)11-14(13)25-17/h3-6,11H,7-10H2,1-2H3. The molecule has 2 aromatic heterocycles. The highest BCUT2D eigenvalue weighted by atomic mass is 35.5. The predicted molar refractivity (Wildman–Crippen MR) is 99.8 cm³/mol. The summed E-state index contributed by atoms with van der Waals surface area (Å²) in [4.78, 5) is 10.9. The van der Waals surface area contributed by atoms with Crippen LogP contribution in [0, 0.1) is 0 Å². The lowest BCUT2D eigenvalue weighted by molar-refractivity contribution is 0.540. The molecule has 130 valence electrons. The van der Waals surface area contributed by atoms with Crippen LogP contribution >= 0.6 is 11.6 Å². The Morgan fingerprint density at radius 2 is 1.76 bits per heavy atom. The van der Waals surface area contributed by atoms with Gasteiger partial charge in [-0.1, -0.05) is 11.6 Å². The van der Waals surface area contributed by atoms with Gasteiger partial charge < -0.3 is 19.1 Å². The topological polar surface area (TPSA) is 61.5 Å². The molecule has 0 bridgehead atoms. The van der Waals surface area contributed by atoms with E-state index >= 15 is 0 Å². The minimum atomic E-state index is 0.644. The number of anilines is 3. The van der Waals surface area contributed by atoms with Crippen LogP contribution in [0.25, 0.3) is 11.1 Å². The minimum Gasteiger partial charge on any atom is -0.423 e. The molecule has 1 aromatic carbocycles. The number of halogens is 1. The van der Waals surface area contributed by atoms with Gasteiger partial charge in [0.1, 0.15) is 5.52 Å². The van der Waals surface area contributed by atoms with E-state index in [-0.39, 0.29) is 0 Å². The van der Waals surface area contributed by atoms with Crippen molar-refractivity contribution in [1.29, 1.82) is 0 Å². The number of rotatable bonds is 3. The summed E-state index contributed by atoms with van der Waals surface area (Å²) < 4.78 is 5.85. The molecule has 25 heavy (non-hydrogen) atoms. The van der Waals surface area contributed by atoms with E-state index in [0.29, 0.717) is 11.0 Å². The van der Waals surface area contributed by atoms with E-state index in [1.807, 2.05) is 43.3 Å². The molecule has 0 aliphatic carbocycles. The van der Waals surface area contributed by atoms with E-state index in [1.54, 1.807) is 6.07 Å². The van der Waals surface area contributed by atoms with E-state index in [2.05, 4.69) is 25.0 Å². The average Bonchev–Trinajstić information content (AvgIpc) is 3.05. The van der Waals surface area contributed by atoms with Gasteiger partial charge in [-0.15, -0.1) is 10.2 Å². The maximum absolute atomic E-state index is 6.01. The zero-order valence-electron chi connectivity index (χ0n) is 14.2. The number of piperazine rings is 1. The fourth-order valence-electron chi connectivity index (χ4n) is 2.87. The summed E-state index contributed by atoms with van der Waals surface area (Å²) >= 11 is 6.01. The predicted octanol–water partition coefficient (Wildman–Crippen LogP) is 2.66. The van der Waals surface area contributed by atoms with E-state index in [9.17, 15) is 0 Å². The van der Waals surface area contributed by atoms with Crippen molar-refractivity contribution >= 4 is 40.4 Å². The number of fused-ring (bicyclic) bond motifs is 1. The number of benzene rings is 1. The Morgan fingerprint density at radius 3 is 2.44 bits per heavy atom. The van der Waals surface area contributed by atoms with Crippen molar-refractivity contribution in [2.75, 3.05) is 55.0 Å². The van der Waals surface area contributed by atoms with Gasteiger partial charge in [0.15, 0.2) is 17.2 Å². The number of oxazole rings is 1. The number of hydrogen-bond acceptors (Lipinski definition) is 7. The molecule has 7 nitrogen and oxygen atoms in total. The second-order valence-corrected chi connectivity index (χ2v) is 6.66. The van der Waals surface area contributed by atoms with Gasteiger partial charge in [-0.25, -0.2) is 0 Å². The molecule has 8 heteroatoms. The van der Waals surface area contributed by atoms with Gasteiger partial charge in [0.05, 0.1) is 0 Å². The molecule has 0 amide bonds. The largest absolute Gasteiger partial charge is 0.423 e. The van der Waals surface area contributed by atoms with Crippen LogP contribution in [0.1, 0.15) is 0 Å². The third kappa shape index (κ3) is 3.19. The van der Waals surface area contributed by atoms with E-state index in [4.69, 9.17) is 16.0 Å². The SMILES string of the molecule is CN(C)c1ccc(N2CCN(c3nc4ccc(Cl)cc4o3)CC2)nn1. The summed E-state index contributed by atoms with van der Waals surface area (Å²) in [6.07, 6.45) is 0. The number of aromatic nitrogens is 3. The normalized spacial score (nSPS) is 15.0. The highest BCUT2D eigenvalue weighted by Gasteiger charge is 2.22. The van der Waals surface area contributed by atoms with Crippen LogP contribution in [0.2, 0.25) is 5.02 Å². The van der Waals surface area contributed by atoms with Crippen LogP contribution < -0.4 is 14.7 Å². The molecule has 1 aliphatic heterocycles. The zero-order chi connectivity index (χ0) is 17.4. The van der Waals surface area contributed by atoms with Crippen LogP contribution in [0.5, 0.6) is 0 Å². The van der Waals surface area contributed by atoms with Gasteiger partial charge >= 0.3 is 0 Å². The first-order valence-electron chi connectivity index (χ1n) is 8.17. The summed E-state index contributed by atoms with van der Waals surface area (Å²) in [6, 6.07) is 10.1. The van der Waals surface area contributed by atoms with E-state index in [0.717, 1.165) is 48.9 Å². The molecule has 0 unspecified atom stereocenters.